The van der Waals surface area contributed by atoms with Crippen molar-refractivity contribution in [3.63, 3.8) is 0 Å². The Bertz CT molecular complexity index is 928. The summed E-state index contributed by atoms with van der Waals surface area (Å²) >= 11 is 0. The van der Waals surface area contributed by atoms with Gasteiger partial charge in [0.05, 0.1) is 18.3 Å². The molecule has 0 bridgehead atoms. The zero-order valence-electron chi connectivity index (χ0n) is 13.6. The molecule has 1 aromatic heterocycles. The minimum Gasteiger partial charge on any atom is -0.497 e. The van der Waals surface area contributed by atoms with Gasteiger partial charge >= 0.3 is 0 Å². The van der Waals surface area contributed by atoms with E-state index in [1.54, 1.807) is 18.7 Å². The maximum atomic E-state index is 13.6. The number of fused-ring (bicyclic) bond motifs is 1. The van der Waals surface area contributed by atoms with Crippen molar-refractivity contribution < 1.29 is 19.1 Å². The third-order valence-corrected chi connectivity index (χ3v) is 3.97. The SMILES string of the molecule is COc1cccc(-c2cc(CCC(=O)NO)c3cc(F)ccc3n2)c1. The molecule has 3 rings (SSSR count). The topological polar surface area (TPSA) is 71.5 Å². The van der Waals surface area contributed by atoms with Crippen molar-refractivity contribution in [3.05, 3.63) is 59.9 Å². The molecule has 2 N–H and O–H groups in total. The molecule has 1 amide bonds. The highest BCUT2D eigenvalue weighted by Crippen LogP contribution is 2.28. The molecule has 0 aliphatic carbocycles. The summed E-state index contributed by atoms with van der Waals surface area (Å²) in [5.41, 5.74) is 4.60. The number of amides is 1. The summed E-state index contributed by atoms with van der Waals surface area (Å²) in [6.45, 7) is 0. The molecule has 0 spiro atoms. The monoisotopic (exact) mass is 340 g/mol. The van der Waals surface area contributed by atoms with Crippen LogP contribution in [0.15, 0.2) is 48.5 Å². The molecule has 0 atom stereocenters. The molecule has 0 radical (unpaired) electrons. The fraction of sp³-hybridized carbons (Fsp3) is 0.158. The van der Waals surface area contributed by atoms with Gasteiger partial charge in [-0.3, -0.25) is 10.0 Å². The standard InChI is InChI=1S/C19H17FN2O3/c1-25-15-4-2-3-13(9-15)18-10-12(5-8-19(23)22-24)16-11-14(20)6-7-17(16)21-18/h2-4,6-7,9-11,24H,5,8H2,1H3,(H,22,23). The predicted octanol–water partition coefficient (Wildman–Crippen LogP) is 3.49. The summed E-state index contributed by atoms with van der Waals surface area (Å²) < 4.78 is 18.9. The zero-order valence-corrected chi connectivity index (χ0v) is 13.6. The fourth-order valence-corrected chi connectivity index (χ4v) is 2.71. The molecule has 6 heteroatoms. The maximum Gasteiger partial charge on any atom is 0.243 e. The summed E-state index contributed by atoms with van der Waals surface area (Å²) in [5, 5.41) is 9.33. The fourth-order valence-electron chi connectivity index (χ4n) is 2.71. The molecule has 3 aromatic rings. The van der Waals surface area contributed by atoms with Crippen molar-refractivity contribution in [1.82, 2.24) is 10.5 Å². The van der Waals surface area contributed by atoms with Crippen LogP contribution >= 0.6 is 0 Å². The van der Waals surface area contributed by atoms with Crippen molar-refractivity contribution >= 4 is 16.8 Å². The summed E-state index contributed by atoms with van der Waals surface area (Å²) in [5.74, 6) is -0.153. The molecule has 0 saturated carbocycles. The number of aryl methyl sites for hydroxylation is 1. The van der Waals surface area contributed by atoms with Crippen molar-refractivity contribution in [2.24, 2.45) is 0 Å². The third kappa shape index (κ3) is 3.75. The van der Waals surface area contributed by atoms with Crippen molar-refractivity contribution in [3.8, 4) is 17.0 Å². The molecule has 0 aliphatic heterocycles. The van der Waals surface area contributed by atoms with Gasteiger partial charge in [-0.2, -0.15) is 0 Å². The van der Waals surface area contributed by atoms with E-state index in [0.29, 0.717) is 28.8 Å². The number of halogens is 1. The maximum absolute atomic E-state index is 13.6. The molecule has 5 nitrogen and oxygen atoms in total. The van der Waals surface area contributed by atoms with Gasteiger partial charge in [0, 0.05) is 17.4 Å². The lowest BCUT2D eigenvalue weighted by atomic mass is 10.0. The molecule has 25 heavy (non-hydrogen) atoms. The van der Waals surface area contributed by atoms with Crippen LogP contribution in [-0.4, -0.2) is 23.2 Å². The first-order valence-corrected chi connectivity index (χ1v) is 7.77. The van der Waals surface area contributed by atoms with E-state index in [9.17, 15) is 9.18 Å². The first-order chi connectivity index (χ1) is 12.1. The van der Waals surface area contributed by atoms with Gasteiger partial charge < -0.3 is 4.74 Å². The Morgan fingerprint density at radius 2 is 2.08 bits per heavy atom. The number of pyridine rings is 1. The van der Waals surface area contributed by atoms with Crippen LogP contribution in [0.2, 0.25) is 0 Å². The Kier molecular flexibility index (Phi) is 4.90. The van der Waals surface area contributed by atoms with Crippen LogP contribution < -0.4 is 10.2 Å². The second-order valence-corrected chi connectivity index (χ2v) is 5.60. The minimum atomic E-state index is -0.496. The number of methoxy groups -OCH3 is 1. The molecule has 0 fully saturated rings. The van der Waals surface area contributed by atoms with Gasteiger partial charge in [-0.1, -0.05) is 12.1 Å². The Morgan fingerprint density at radius 3 is 2.84 bits per heavy atom. The number of nitrogens with one attached hydrogen (secondary N) is 1. The van der Waals surface area contributed by atoms with Gasteiger partial charge in [-0.15, -0.1) is 0 Å². The van der Waals surface area contributed by atoms with Gasteiger partial charge in [-0.25, -0.2) is 14.9 Å². The second-order valence-electron chi connectivity index (χ2n) is 5.60. The van der Waals surface area contributed by atoms with Crippen LogP contribution in [-0.2, 0) is 11.2 Å². The Hall–Kier alpha value is -2.99. The van der Waals surface area contributed by atoms with Gasteiger partial charge in [0.2, 0.25) is 5.91 Å². The highest BCUT2D eigenvalue weighted by molar-refractivity contribution is 5.86. The average Bonchev–Trinajstić information content (AvgIpc) is 2.65. The van der Waals surface area contributed by atoms with Crippen LogP contribution in [0.1, 0.15) is 12.0 Å². The van der Waals surface area contributed by atoms with Gasteiger partial charge in [-0.05, 0) is 48.4 Å². The average molecular weight is 340 g/mol. The van der Waals surface area contributed by atoms with Crippen LogP contribution in [0.3, 0.4) is 0 Å². The molecule has 2 aromatic carbocycles. The quantitative estimate of drug-likeness (QED) is 0.551. The van der Waals surface area contributed by atoms with Gasteiger partial charge in [0.1, 0.15) is 11.6 Å². The highest BCUT2D eigenvalue weighted by Gasteiger charge is 2.11. The summed E-state index contributed by atoms with van der Waals surface area (Å²) in [6.07, 6.45) is 0.440. The van der Waals surface area contributed by atoms with Crippen molar-refractivity contribution in [2.75, 3.05) is 7.11 Å². The number of ether oxygens (including phenoxy) is 1. The Balaban J connectivity index is 2.10. The van der Waals surface area contributed by atoms with E-state index in [0.717, 1.165) is 11.1 Å². The van der Waals surface area contributed by atoms with Gasteiger partial charge in [0.25, 0.3) is 0 Å². The molecular formula is C19H17FN2O3. The highest BCUT2D eigenvalue weighted by atomic mass is 19.1. The number of rotatable bonds is 5. The third-order valence-electron chi connectivity index (χ3n) is 3.97. The van der Waals surface area contributed by atoms with E-state index < -0.39 is 5.91 Å². The van der Waals surface area contributed by atoms with Gasteiger partial charge in [0.15, 0.2) is 0 Å². The van der Waals surface area contributed by atoms with E-state index in [4.69, 9.17) is 9.94 Å². The number of carbonyl (C=O) groups excluding carboxylic acids is 1. The Labute approximate surface area is 144 Å². The number of hydroxylamine groups is 1. The predicted molar refractivity (Wildman–Crippen MR) is 91.9 cm³/mol. The summed E-state index contributed by atoms with van der Waals surface area (Å²) in [7, 11) is 1.59. The molecule has 0 aliphatic rings. The minimum absolute atomic E-state index is 0.0870. The lowest BCUT2D eigenvalue weighted by Gasteiger charge is -2.11. The second kappa shape index (κ2) is 7.27. The number of aromatic nitrogens is 1. The molecule has 0 unspecified atom stereocenters. The number of hydrogen-bond donors (Lipinski definition) is 2. The van der Waals surface area contributed by atoms with Crippen LogP contribution in [0.25, 0.3) is 22.2 Å². The smallest absolute Gasteiger partial charge is 0.243 e. The summed E-state index contributed by atoms with van der Waals surface area (Å²) in [4.78, 5) is 16.0. The van der Waals surface area contributed by atoms with Crippen LogP contribution in [0, 0.1) is 5.82 Å². The molecular weight excluding hydrogens is 323 g/mol. The van der Waals surface area contributed by atoms with Crippen LogP contribution in [0.5, 0.6) is 5.75 Å². The normalized spacial score (nSPS) is 10.7. The van der Waals surface area contributed by atoms with E-state index in [1.165, 1.54) is 12.1 Å². The van der Waals surface area contributed by atoms with E-state index >= 15 is 0 Å². The summed E-state index contributed by atoms with van der Waals surface area (Å²) in [6, 6.07) is 13.7. The molecule has 128 valence electrons. The van der Waals surface area contributed by atoms with E-state index in [2.05, 4.69) is 4.98 Å². The van der Waals surface area contributed by atoms with Crippen molar-refractivity contribution in [1.29, 1.82) is 0 Å². The lowest BCUT2D eigenvalue weighted by Crippen LogP contribution is -2.18. The Morgan fingerprint density at radius 1 is 1.24 bits per heavy atom. The zero-order chi connectivity index (χ0) is 17.8. The molecule has 0 saturated heterocycles. The molecule has 1 heterocycles. The number of nitrogens with zero attached hydrogens (tertiary/aromatic N) is 1. The number of benzene rings is 2. The van der Waals surface area contributed by atoms with Crippen molar-refractivity contribution in [2.45, 2.75) is 12.8 Å². The van der Waals surface area contributed by atoms with E-state index in [1.807, 2.05) is 30.3 Å². The van der Waals surface area contributed by atoms with Crippen LogP contribution in [0.4, 0.5) is 4.39 Å². The number of hydrogen-bond acceptors (Lipinski definition) is 4. The number of carbonyl (C=O) groups is 1. The first-order valence-electron chi connectivity index (χ1n) is 7.77. The van der Waals surface area contributed by atoms with E-state index in [-0.39, 0.29) is 12.2 Å². The lowest BCUT2D eigenvalue weighted by molar-refractivity contribution is -0.129. The largest absolute Gasteiger partial charge is 0.497 e. The first kappa shape index (κ1) is 16.9.